The van der Waals surface area contributed by atoms with E-state index in [2.05, 4.69) is 35.2 Å². The molecular weight excluding hydrogens is 242 g/mol. The van der Waals surface area contributed by atoms with Gasteiger partial charge in [0, 0.05) is 35.9 Å². The molecule has 0 aliphatic carbocycles. The summed E-state index contributed by atoms with van der Waals surface area (Å²) >= 11 is 1.78. The Balaban J connectivity index is 1.98. The van der Waals surface area contributed by atoms with Crippen molar-refractivity contribution in [2.75, 3.05) is 6.54 Å². The fraction of sp³-hybridized carbons (Fsp3) is 0.429. The summed E-state index contributed by atoms with van der Waals surface area (Å²) in [5.41, 5.74) is 1.22. The van der Waals surface area contributed by atoms with E-state index in [0.717, 1.165) is 24.4 Å². The topological polar surface area (TPSA) is 37.8 Å². The molecule has 0 saturated heterocycles. The van der Waals surface area contributed by atoms with E-state index in [9.17, 15) is 0 Å². The summed E-state index contributed by atoms with van der Waals surface area (Å²) < 4.78 is 0. The molecule has 0 saturated carbocycles. The van der Waals surface area contributed by atoms with Crippen LogP contribution in [0.1, 0.15) is 41.8 Å². The van der Waals surface area contributed by atoms with Gasteiger partial charge in [-0.05, 0) is 31.5 Å². The van der Waals surface area contributed by atoms with E-state index in [1.165, 1.54) is 10.4 Å². The smallest absolute Gasteiger partial charge is 0.0972 e. The third-order valence-corrected chi connectivity index (χ3v) is 3.96. The van der Waals surface area contributed by atoms with Gasteiger partial charge in [0.15, 0.2) is 0 Å². The van der Waals surface area contributed by atoms with Crippen molar-refractivity contribution in [3.05, 3.63) is 46.2 Å². The zero-order valence-corrected chi connectivity index (χ0v) is 11.7. The first-order chi connectivity index (χ1) is 8.79. The lowest BCUT2D eigenvalue weighted by Gasteiger charge is -2.09. The molecule has 2 rings (SSSR count). The fourth-order valence-corrected chi connectivity index (χ4v) is 2.73. The van der Waals surface area contributed by atoms with Gasteiger partial charge in [-0.25, -0.2) is 4.98 Å². The Morgan fingerprint density at radius 1 is 1.39 bits per heavy atom. The van der Waals surface area contributed by atoms with E-state index >= 15 is 0 Å². The number of pyridine rings is 1. The first-order valence-corrected chi connectivity index (χ1v) is 7.18. The van der Waals surface area contributed by atoms with Crippen LogP contribution in [0.3, 0.4) is 0 Å². The Kier molecular flexibility index (Phi) is 4.84. The van der Waals surface area contributed by atoms with Crippen LogP contribution in [-0.4, -0.2) is 16.5 Å². The predicted molar refractivity (Wildman–Crippen MR) is 75.9 cm³/mol. The highest BCUT2D eigenvalue weighted by Gasteiger charge is 2.09. The molecule has 2 aromatic rings. The Morgan fingerprint density at radius 3 is 3.00 bits per heavy atom. The van der Waals surface area contributed by atoms with Crippen molar-refractivity contribution in [3.63, 3.8) is 0 Å². The monoisotopic (exact) mass is 261 g/mol. The third-order valence-electron chi connectivity index (χ3n) is 2.78. The van der Waals surface area contributed by atoms with E-state index < -0.39 is 0 Å². The van der Waals surface area contributed by atoms with Gasteiger partial charge in [0.1, 0.15) is 0 Å². The summed E-state index contributed by atoms with van der Waals surface area (Å²) in [6, 6.07) is 4.45. The van der Waals surface area contributed by atoms with Crippen molar-refractivity contribution < 1.29 is 0 Å². The van der Waals surface area contributed by atoms with Gasteiger partial charge in [0.25, 0.3) is 0 Å². The normalized spacial score (nSPS) is 12.6. The van der Waals surface area contributed by atoms with Crippen LogP contribution in [0.25, 0.3) is 0 Å². The highest BCUT2D eigenvalue weighted by molar-refractivity contribution is 7.11. The highest BCUT2D eigenvalue weighted by Crippen LogP contribution is 2.22. The van der Waals surface area contributed by atoms with Crippen LogP contribution in [0.4, 0.5) is 0 Å². The molecule has 2 heterocycles. The lowest BCUT2D eigenvalue weighted by molar-refractivity contribution is 0.577. The molecule has 96 valence electrons. The highest BCUT2D eigenvalue weighted by atomic mass is 32.1. The molecule has 0 amide bonds. The van der Waals surface area contributed by atoms with E-state index in [0.29, 0.717) is 6.04 Å². The number of hydrogen-bond acceptors (Lipinski definition) is 4. The van der Waals surface area contributed by atoms with Crippen LogP contribution in [-0.2, 0) is 6.42 Å². The van der Waals surface area contributed by atoms with Gasteiger partial charge in [-0.2, -0.15) is 0 Å². The molecule has 0 aliphatic heterocycles. The zero-order chi connectivity index (χ0) is 12.8. The van der Waals surface area contributed by atoms with E-state index in [1.54, 1.807) is 17.5 Å². The maximum Gasteiger partial charge on any atom is 0.0972 e. The summed E-state index contributed by atoms with van der Waals surface area (Å²) in [6.45, 7) is 5.42. The van der Waals surface area contributed by atoms with Gasteiger partial charge in [-0.3, -0.25) is 4.98 Å². The van der Waals surface area contributed by atoms with Crippen LogP contribution in [0.2, 0.25) is 0 Å². The van der Waals surface area contributed by atoms with Crippen LogP contribution >= 0.6 is 11.3 Å². The molecule has 2 aromatic heterocycles. The quantitative estimate of drug-likeness (QED) is 0.868. The molecule has 0 fully saturated rings. The minimum atomic E-state index is 0.394. The first-order valence-electron chi connectivity index (χ1n) is 6.36. The lowest BCUT2D eigenvalue weighted by Crippen LogP contribution is -2.18. The molecule has 0 radical (unpaired) electrons. The second-order valence-corrected chi connectivity index (χ2v) is 5.52. The van der Waals surface area contributed by atoms with Crippen molar-refractivity contribution in [1.29, 1.82) is 0 Å². The Bertz CT molecular complexity index is 467. The van der Waals surface area contributed by atoms with E-state index in [-0.39, 0.29) is 0 Å². The average molecular weight is 261 g/mol. The fourth-order valence-electron chi connectivity index (χ4n) is 1.75. The van der Waals surface area contributed by atoms with Crippen LogP contribution in [0.15, 0.2) is 30.7 Å². The minimum absolute atomic E-state index is 0.394. The van der Waals surface area contributed by atoms with Gasteiger partial charge in [-0.1, -0.05) is 13.0 Å². The molecule has 0 aliphatic rings. The standard InChI is InChI=1S/C14H19N3S/c1-3-6-16-11(2)13-10-17-14(18-13)8-12-5-4-7-15-9-12/h4-5,7,9-11,16H,3,6,8H2,1-2H3. The summed E-state index contributed by atoms with van der Waals surface area (Å²) in [4.78, 5) is 9.93. The Hall–Kier alpha value is -1.26. The Morgan fingerprint density at radius 2 is 2.28 bits per heavy atom. The third kappa shape index (κ3) is 3.62. The van der Waals surface area contributed by atoms with Crippen molar-refractivity contribution in [2.45, 2.75) is 32.7 Å². The zero-order valence-electron chi connectivity index (χ0n) is 10.9. The van der Waals surface area contributed by atoms with E-state index in [1.807, 2.05) is 18.5 Å². The minimum Gasteiger partial charge on any atom is -0.309 e. The average Bonchev–Trinajstić information content (AvgIpc) is 2.86. The molecule has 0 bridgehead atoms. The summed E-state index contributed by atoms with van der Waals surface area (Å²) in [7, 11) is 0. The summed E-state index contributed by atoms with van der Waals surface area (Å²) in [6.07, 6.45) is 7.72. The molecule has 1 atom stereocenters. The Labute approximate surface area is 112 Å². The van der Waals surface area contributed by atoms with Crippen molar-refractivity contribution in [2.24, 2.45) is 0 Å². The molecule has 1 N–H and O–H groups in total. The van der Waals surface area contributed by atoms with Crippen LogP contribution in [0.5, 0.6) is 0 Å². The number of aromatic nitrogens is 2. The maximum atomic E-state index is 4.49. The van der Waals surface area contributed by atoms with Crippen LogP contribution in [0, 0.1) is 0 Å². The number of nitrogens with one attached hydrogen (secondary N) is 1. The summed E-state index contributed by atoms with van der Waals surface area (Å²) in [5, 5.41) is 4.64. The van der Waals surface area contributed by atoms with Crippen molar-refractivity contribution in [1.82, 2.24) is 15.3 Å². The van der Waals surface area contributed by atoms with Crippen molar-refractivity contribution >= 4 is 11.3 Å². The molecule has 0 aromatic carbocycles. The van der Waals surface area contributed by atoms with Crippen LogP contribution < -0.4 is 5.32 Å². The number of thiazole rings is 1. The number of hydrogen-bond donors (Lipinski definition) is 1. The van der Waals surface area contributed by atoms with Gasteiger partial charge in [0.05, 0.1) is 5.01 Å². The molecule has 1 unspecified atom stereocenters. The molecule has 3 nitrogen and oxygen atoms in total. The van der Waals surface area contributed by atoms with Crippen molar-refractivity contribution in [3.8, 4) is 0 Å². The predicted octanol–water partition coefficient (Wildman–Crippen LogP) is 3.19. The lowest BCUT2D eigenvalue weighted by atomic mass is 10.2. The second-order valence-electron chi connectivity index (χ2n) is 4.37. The summed E-state index contributed by atoms with van der Waals surface area (Å²) in [5.74, 6) is 0. The van der Waals surface area contributed by atoms with Gasteiger partial charge < -0.3 is 5.32 Å². The number of rotatable bonds is 6. The molecule has 18 heavy (non-hydrogen) atoms. The van der Waals surface area contributed by atoms with E-state index in [4.69, 9.17) is 0 Å². The SMILES string of the molecule is CCCNC(C)c1cnc(Cc2cccnc2)s1. The first kappa shape index (κ1) is 13.2. The van der Waals surface area contributed by atoms with Gasteiger partial charge in [-0.15, -0.1) is 11.3 Å². The largest absolute Gasteiger partial charge is 0.309 e. The second kappa shape index (κ2) is 6.61. The van der Waals surface area contributed by atoms with Gasteiger partial charge >= 0.3 is 0 Å². The molecule has 0 spiro atoms. The maximum absolute atomic E-state index is 4.49. The van der Waals surface area contributed by atoms with Gasteiger partial charge in [0.2, 0.25) is 0 Å². The molecule has 4 heteroatoms. The molecular formula is C14H19N3S. The number of nitrogens with zero attached hydrogens (tertiary/aromatic N) is 2.